The van der Waals surface area contributed by atoms with Crippen molar-refractivity contribution < 1.29 is 27.8 Å². The molecular weight excluding hydrogens is 305 g/mol. The number of nitrogens with zero attached hydrogens (tertiary/aromatic N) is 2. The van der Waals surface area contributed by atoms with E-state index in [1.165, 1.54) is 30.6 Å². The van der Waals surface area contributed by atoms with E-state index in [0.29, 0.717) is 0 Å². The Bertz CT molecular complexity index is 755. The molecule has 0 fully saturated rings. The highest BCUT2D eigenvalue weighted by Gasteiger charge is 2.29. The number of rotatable bonds is 4. The summed E-state index contributed by atoms with van der Waals surface area (Å²) in [6, 6.07) is 5.06. The first-order valence-electron chi connectivity index (χ1n) is 5.89. The minimum Gasteiger partial charge on any atom is -0.477 e. The average Bonchev–Trinajstić information content (AvgIpc) is 2.45. The van der Waals surface area contributed by atoms with Crippen LogP contribution < -0.4 is 10.3 Å². The summed E-state index contributed by atoms with van der Waals surface area (Å²) in [6.07, 6.45) is -2.16. The quantitative estimate of drug-likeness (QED) is 0.931. The molecule has 9 heteroatoms. The van der Waals surface area contributed by atoms with Crippen LogP contribution in [0.5, 0.6) is 5.88 Å². The maximum Gasteiger partial charge on any atom is 0.422 e. The maximum atomic E-state index is 12.2. The van der Waals surface area contributed by atoms with Crippen molar-refractivity contribution >= 4 is 5.97 Å². The minimum absolute atomic E-state index is 0.0835. The molecule has 0 atom stereocenters. The number of carboxylic acids is 1. The van der Waals surface area contributed by atoms with Gasteiger partial charge in [-0.1, -0.05) is 0 Å². The van der Waals surface area contributed by atoms with Gasteiger partial charge in [0.2, 0.25) is 5.88 Å². The third kappa shape index (κ3) is 3.43. The van der Waals surface area contributed by atoms with Crippen molar-refractivity contribution in [2.75, 3.05) is 6.61 Å². The van der Waals surface area contributed by atoms with E-state index in [4.69, 9.17) is 5.11 Å². The van der Waals surface area contributed by atoms with Crippen molar-refractivity contribution in [2.45, 2.75) is 6.18 Å². The Morgan fingerprint density at radius 2 is 2.05 bits per heavy atom. The van der Waals surface area contributed by atoms with E-state index in [0.717, 1.165) is 10.6 Å². The lowest BCUT2D eigenvalue weighted by molar-refractivity contribution is -0.154. The number of aromatic nitrogens is 2. The van der Waals surface area contributed by atoms with Crippen molar-refractivity contribution in [1.82, 2.24) is 9.55 Å². The summed E-state index contributed by atoms with van der Waals surface area (Å²) in [6.45, 7) is -1.58. The summed E-state index contributed by atoms with van der Waals surface area (Å²) in [4.78, 5) is 26.6. The molecule has 2 aromatic heterocycles. The largest absolute Gasteiger partial charge is 0.477 e. The number of hydrogen-bond acceptors (Lipinski definition) is 4. The van der Waals surface area contributed by atoms with Gasteiger partial charge in [0.15, 0.2) is 6.61 Å². The van der Waals surface area contributed by atoms with Crippen molar-refractivity contribution in [2.24, 2.45) is 0 Å². The standard InChI is InChI=1S/C13H9F3N2O4/c14-13(15,16)7-22-10-9(4-1-5-17-10)18-6-2-3-8(11(18)19)12(20)21/h1-6H,7H2,(H,20,21). The molecule has 6 nitrogen and oxygen atoms in total. The molecular formula is C13H9F3N2O4. The van der Waals surface area contributed by atoms with Crippen LogP contribution in [0, 0.1) is 0 Å². The first-order chi connectivity index (χ1) is 10.3. The van der Waals surface area contributed by atoms with Crippen LogP contribution in [-0.4, -0.2) is 33.4 Å². The monoisotopic (exact) mass is 314 g/mol. The summed E-state index contributed by atoms with van der Waals surface area (Å²) in [7, 11) is 0. The lowest BCUT2D eigenvalue weighted by atomic mass is 10.2. The predicted molar refractivity (Wildman–Crippen MR) is 68.3 cm³/mol. The first-order valence-corrected chi connectivity index (χ1v) is 5.89. The Kier molecular flexibility index (Phi) is 4.15. The molecule has 2 aromatic rings. The predicted octanol–water partition coefficient (Wildman–Crippen LogP) is 1.87. The molecule has 0 bridgehead atoms. The highest BCUT2D eigenvalue weighted by Crippen LogP contribution is 2.22. The van der Waals surface area contributed by atoms with Crippen LogP contribution in [-0.2, 0) is 0 Å². The molecule has 0 aromatic carbocycles. The van der Waals surface area contributed by atoms with Crippen LogP contribution in [0.15, 0.2) is 41.5 Å². The Morgan fingerprint density at radius 3 is 2.68 bits per heavy atom. The molecule has 0 aliphatic carbocycles. The van der Waals surface area contributed by atoms with Gasteiger partial charge in [-0.25, -0.2) is 9.78 Å². The summed E-state index contributed by atoms with van der Waals surface area (Å²) < 4.78 is 42.1. The summed E-state index contributed by atoms with van der Waals surface area (Å²) in [5.41, 5.74) is -1.51. The second-order valence-electron chi connectivity index (χ2n) is 4.13. The molecule has 0 radical (unpaired) electrons. The average molecular weight is 314 g/mol. The van der Waals surface area contributed by atoms with Gasteiger partial charge >= 0.3 is 12.1 Å². The Labute approximate surface area is 121 Å². The highest BCUT2D eigenvalue weighted by atomic mass is 19.4. The molecule has 0 spiro atoms. The van der Waals surface area contributed by atoms with E-state index >= 15 is 0 Å². The molecule has 2 heterocycles. The number of alkyl halides is 3. The second-order valence-corrected chi connectivity index (χ2v) is 4.13. The molecule has 1 N–H and O–H groups in total. The fourth-order valence-electron chi connectivity index (χ4n) is 1.67. The molecule has 0 aliphatic rings. The normalized spacial score (nSPS) is 11.2. The Hall–Kier alpha value is -2.84. The van der Waals surface area contributed by atoms with E-state index in [9.17, 15) is 22.8 Å². The lowest BCUT2D eigenvalue weighted by Gasteiger charge is -2.13. The van der Waals surface area contributed by atoms with Crippen LogP contribution in [0.4, 0.5) is 13.2 Å². The van der Waals surface area contributed by atoms with Crippen LogP contribution in [0.25, 0.3) is 5.69 Å². The summed E-state index contributed by atoms with van der Waals surface area (Å²) >= 11 is 0. The van der Waals surface area contributed by atoms with Crippen molar-refractivity contribution in [3.63, 3.8) is 0 Å². The zero-order chi connectivity index (χ0) is 16.3. The van der Waals surface area contributed by atoms with Crippen LogP contribution in [0.3, 0.4) is 0 Å². The molecule has 0 amide bonds. The molecule has 0 saturated carbocycles. The molecule has 0 unspecified atom stereocenters. The number of carboxylic acid groups (broad SMARTS) is 1. The van der Waals surface area contributed by atoms with Gasteiger partial charge in [-0.2, -0.15) is 13.2 Å². The van der Waals surface area contributed by atoms with Gasteiger partial charge in [-0.05, 0) is 24.3 Å². The number of pyridine rings is 2. The maximum absolute atomic E-state index is 12.2. The number of carbonyl (C=O) groups is 1. The van der Waals surface area contributed by atoms with E-state index in [-0.39, 0.29) is 5.69 Å². The topological polar surface area (TPSA) is 81.4 Å². The molecule has 22 heavy (non-hydrogen) atoms. The summed E-state index contributed by atoms with van der Waals surface area (Å²) in [5.74, 6) is -1.87. The van der Waals surface area contributed by atoms with E-state index in [1.807, 2.05) is 0 Å². The van der Waals surface area contributed by atoms with Crippen molar-refractivity contribution in [3.05, 3.63) is 52.6 Å². The number of halogens is 3. The third-order valence-electron chi connectivity index (χ3n) is 2.56. The lowest BCUT2D eigenvalue weighted by Crippen LogP contribution is -2.26. The number of ether oxygens (including phenoxy) is 1. The van der Waals surface area contributed by atoms with Crippen LogP contribution in [0.2, 0.25) is 0 Å². The Morgan fingerprint density at radius 1 is 1.32 bits per heavy atom. The second kappa shape index (κ2) is 5.88. The van der Waals surface area contributed by atoms with E-state index in [2.05, 4.69) is 9.72 Å². The van der Waals surface area contributed by atoms with Gasteiger partial charge in [-0.3, -0.25) is 9.36 Å². The minimum atomic E-state index is -4.57. The molecule has 0 saturated heterocycles. The molecule has 116 valence electrons. The zero-order valence-corrected chi connectivity index (χ0v) is 10.9. The summed E-state index contributed by atoms with van der Waals surface area (Å²) in [5, 5.41) is 8.91. The zero-order valence-electron chi connectivity index (χ0n) is 10.9. The molecule has 0 aliphatic heterocycles. The highest BCUT2D eigenvalue weighted by molar-refractivity contribution is 5.87. The van der Waals surface area contributed by atoms with Crippen molar-refractivity contribution in [3.8, 4) is 11.6 Å². The van der Waals surface area contributed by atoms with Gasteiger partial charge in [-0.15, -0.1) is 0 Å². The van der Waals surface area contributed by atoms with Gasteiger partial charge in [0.05, 0.1) is 0 Å². The van der Waals surface area contributed by atoms with E-state index < -0.39 is 35.8 Å². The van der Waals surface area contributed by atoms with Crippen molar-refractivity contribution in [1.29, 1.82) is 0 Å². The van der Waals surface area contributed by atoms with Gasteiger partial charge in [0, 0.05) is 12.4 Å². The fraction of sp³-hybridized carbons (Fsp3) is 0.154. The fourth-order valence-corrected chi connectivity index (χ4v) is 1.67. The van der Waals surface area contributed by atoms with E-state index in [1.54, 1.807) is 0 Å². The third-order valence-corrected chi connectivity index (χ3v) is 2.56. The van der Waals surface area contributed by atoms with Gasteiger partial charge in [0.1, 0.15) is 11.3 Å². The SMILES string of the molecule is O=C(O)c1cccn(-c2cccnc2OCC(F)(F)F)c1=O. The number of aromatic carboxylic acids is 1. The van der Waals surface area contributed by atoms with Gasteiger partial charge in [0.25, 0.3) is 5.56 Å². The van der Waals surface area contributed by atoms with Crippen LogP contribution in [0.1, 0.15) is 10.4 Å². The molecule has 2 rings (SSSR count). The van der Waals surface area contributed by atoms with Gasteiger partial charge < -0.3 is 9.84 Å². The smallest absolute Gasteiger partial charge is 0.422 e. The Balaban J connectivity index is 2.48. The first kappa shape index (κ1) is 15.5. The van der Waals surface area contributed by atoms with Crippen LogP contribution >= 0.6 is 0 Å². The number of hydrogen-bond donors (Lipinski definition) is 1.